The van der Waals surface area contributed by atoms with Gasteiger partial charge in [-0.3, -0.25) is 0 Å². The summed E-state index contributed by atoms with van der Waals surface area (Å²) in [4.78, 5) is 2.45. The number of rotatable bonds is 3. The van der Waals surface area contributed by atoms with Gasteiger partial charge in [0.25, 0.3) is 0 Å². The first kappa shape index (κ1) is 13.4. The van der Waals surface area contributed by atoms with E-state index in [9.17, 15) is 0 Å². The minimum Gasteiger partial charge on any atom is -0.326 e. The number of hydrogen-bond donors (Lipinski definition) is 1. The SMILES string of the molecule is CN(C)C1(C(N)C2CCCCC2)CCCCC1. The lowest BCUT2D eigenvalue weighted by atomic mass is 9.68. The molecule has 0 aromatic rings. The smallest absolute Gasteiger partial charge is 0.0357 e. The molecule has 2 heteroatoms. The van der Waals surface area contributed by atoms with Crippen LogP contribution in [-0.2, 0) is 0 Å². The van der Waals surface area contributed by atoms with Gasteiger partial charge in [0, 0.05) is 11.6 Å². The van der Waals surface area contributed by atoms with Crippen molar-refractivity contribution < 1.29 is 0 Å². The van der Waals surface area contributed by atoms with E-state index in [1.54, 1.807) is 0 Å². The van der Waals surface area contributed by atoms with E-state index in [4.69, 9.17) is 5.73 Å². The Balaban J connectivity index is 2.08. The summed E-state index contributed by atoms with van der Waals surface area (Å²) in [6.45, 7) is 0. The topological polar surface area (TPSA) is 29.3 Å². The Kier molecular flexibility index (Phi) is 4.48. The third-order valence-corrected chi connectivity index (χ3v) is 5.39. The second kappa shape index (κ2) is 5.71. The molecule has 0 heterocycles. The summed E-state index contributed by atoms with van der Waals surface area (Å²) >= 11 is 0. The van der Waals surface area contributed by atoms with Gasteiger partial charge in [-0.1, -0.05) is 38.5 Å². The lowest BCUT2D eigenvalue weighted by Crippen LogP contribution is -2.61. The van der Waals surface area contributed by atoms with Crippen LogP contribution in [0.2, 0.25) is 0 Å². The van der Waals surface area contributed by atoms with E-state index in [2.05, 4.69) is 19.0 Å². The van der Waals surface area contributed by atoms with Gasteiger partial charge < -0.3 is 10.6 Å². The Labute approximate surface area is 107 Å². The van der Waals surface area contributed by atoms with Crippen molar-refractivity contribution in [3.05, 3.63) is 0 Å². The normalized spacial score (nSPS) is 28.2. The molecule has 2 nitrogen and oxygen atoms in total. The standard InChI is InChI=1S/C15H30N2/c1-17(2)15(11-7-4-8-12-15)14(16)13-9-5-3-6-10-13/h13-14H,3-12,16H2,1-2H3. The average molecular weight is 238 g/mol. The van der Waals surface area contributed by atoms with Crippen LogP contribution in [0, 0.1) is 5.92 Å². The van der Waals surface area contributed by atoms with Gasteiger partial charge in [0.1, 0.15) is 0 Å². The van der Waals surface area contributed by atoms with Crippen LogP contribution in [-0.4, -0.2) is 30.6 Å². The van der Waals surface area contributed by atoms with Gasteiger partial charge >= 0.3 is 0 Å². The number of nitrogens with two attached hydrogens (primary N) is 1. The van der Waals surface area contributed by atoms with Crippen molar-refractivity contribution in [1.82, 2.24) is 4.90 Å². The molecule has 2 rings (SSSR count). The quantitative estimate of drug-likeness (QED) is 0.818. The molecule has 17 heavy (non-hydrogen) atoms. The van der Waals surface area contributed by atoms with Gasteiger partial charge in [-0.05, 0) is 45.7 Å². The fourth-order valence-electron chi connectivity index (χ4n) is 4.17. The first-order valence-electron chi connectivity index (χ1n) is 7.60. The highest BCUT2D eigenvalue weighted by Gasteiger charge is 2.43. The molecule has 0 aliphatic heterocycles. The molecule has 2 N–H and O–H groups in total. The second-order valence-electron chi connectivity index (χ2n) is 6.48. The van der Waals surface area contributed by atoms with Gasteiger partial charge in [0.05, 0.1) is 0 Å². The Morgan fingerprint density at radius 1 is 0.941 bits per heavy atom. The summed E-state index contributed by atoms with van der Waals surface area (Å²) in [6, 6.07) is 0.401. The zero-order chi connectivity index (χ0) is 12.3. The van der Waals surface area contributed by atoms with E-state index in [0.29, 0.717) is 11.6 Å². The average Bonchev–Trinajstić information content (AvgIpc) is 2.39. The van der Waals surface area contributed by atoms with Crippen molar-refractivity contribution in [2.75, 3.05) is 14.1 Å². The summed E-state index contributed by atoms with van der Waals surface area (Å²) in [5.41, 5.74) is 7.02. The largest absolute Gasteiger partial charge is 0.326 e. The number of hydrogen-bond acceptors (Lipinski definition) is 2. The molecule has 2 aliphatic rings. The van der Waals surface area contributed by atoms with E-state index in [1.807, 2.05) is 0 Å². The molecule has 2 fully saturated rings. The predicted octanol–water partition coefficient (Wildman–Crippen LogP) is 3.16. The minimum atomic E-state index is 0.306. The van der Waals surface area contributed by atoms with Crippen LogP contribution in [0.15, 0.2) is 0 Å². The molecule has 100 valence electrons. The van der Waals surface area contributed by atoms with Crippen LogP contribution < -0.4 is 5.73 Å². The van der Waals surface area contributed by atoms with Crippen molar-refractivity contribution in [3.8, 4) is 0 Å². The van der Waals surface area contributed by atoms with Crippen molar-refractivity contribution in [3.63, 3.8) is 0 Å². The molecular formula is C15H30N2. The van der Waals surface area contributed by atoms with E-state index in [-0.39, 0.29) is 0 Å². The van der Waals surface area contributed by atoms with Crippen LogP contribution in [0.1, 0.15) is 64.2 Å². The van der Waals surface area contributed by atoms with Gasteiger partial charge in [-0.25, -0.2) is 0 Å². The minimum absolute atomic E-state index is 0.306. The first-order valence-corrected chi connectivity index (χ1v) is 7.60. The third kappa shape index (κ3) is 2.68. The molecule has 1 atom stereocenters. The summed E-state index contributed by atoms with van der Waals surface area (Å²) < 4.78 is 0. The highest BCUT2D eigenvalue weighted by Crippen LogP contribution is 2.40. The molecule has 0 bridgehead atoms. The van der Waals surface area contributed by atoms with Crippen molar-refractivity contribution in [2.24, 2.45) is 11.7 Å². The maximum atomic E-state index is 6.72. The van der Waals surface area contributed by atoms with Crippen LogP contribution in [0.25, 0.3) is 0 Å². The summed E-state index contributed by atoms with van der Waals surface area (Å²) in [6.07, 6.45) is 13.8. The number of likely N-dealkylation sites (N-methyl/N-ethyl adjacent to an activating group) is 1. The van der Waals surface area contributed by atoms with E-state index >= 15 is 0 Å². The van der Waals surface area contributed by atoms with E-state index in [1.165, 1.54) is 64.2 Å². The molecule has 0 saturated heterocycles. The lowest BCUT2D eigenvalue weighted by molar-refractivity contribution is 0.0407. The van der Waals surface area contributed by atoms with Gasteiger partial charge in [-0.2, -0.15) is 0 Å². The summed E-state index contributed by atoms with van der Waals surface area (Å²) in [5, 5.41) is 0. The zero-order valence-corrected chi connectivity index (χ0v) is 11.8. The monoisotopic (exact) mass is 238 g/mol. The Hall–Kier alpha value is -0.0800. The van der Waals surface area contributed by atoms with Crippen LogP contribution >= 0.6 is 0 Å². The Morgan fingerprint density at radius 2 is 1.47 bits per heavy atom. The van der Waals surface area contributed by atoms with Crippen LogP contribution in [0.5, 0.6) is 0 Å². The van der Waals surface area contributed by atoms with E-state index in [0.717, 1.165) is 5.92 Å². The molecule has 1 unspecified atom stereocenters. The molecule has 0 amide bonds. The predicted molar refractivity (Wildman–Crippen MR) is 74.1 cm³/mol. The zero-order valence-electron chi connectivity index (χ0n) is 11.8. The highest BCUT2D eigenvalue weighted by atomic mass is 15.2. The first-order chi connectivity index (χ1) is 8.17. The Morgan fingerprint density at radius 3 is 2.00 bits per heavy atom. The fourth-order valence-corrected chi connectivity index (χ4v) is 4.17. The molecular weight excluding hydrogens is 208 g/mol. The third-order valence-electron chi connectivity index (χ3n) is 5.39. The highest BCUT2D eigenvalue weighted by molar-refractivity contribution is 5.02. The fraction of sp³-hybridized carbons (Fsp3) is 1.00. The van der Waals surface area contributed by atoms with Crippen molar-refractivity contribution in [1.29, 1.82) is 0 Å². The molecule has 0 spiro atoms. The number of nitrogens with zero attached hydrogens (tertiary/aromatic N) is 1. The lowest BCUT2D eigenvalue weighted by Gasteiger charge is -2.50. The van der Waals surface area contributed by atoms with Crippen LogP contribution in [0.4, 0.5) is 0 Å². The summed E-state index contributed by atoms with van der Waals surface area (Å²) in [7, 11) is 4.49. The van der Waals surface area contributed by atoms with Gasteiger partial charge in [0.2, 0.25) is 0 Å². The van der Waals surface area contributed by atoms with Crippen molar-refractivity contribution in [2.45, 2.75) is 75.8 Å². The van der Waals surface area contributed by atoms with E-state index < -0.39 is 0 Å². The van der Waals surface area contributed by atoms with Gasteiger partial charge in [0.15, 0.2) is 0 Å². The maximum absolute atomic E-state index is 6.72. The maximum Gasteiger partial charge on any atom is 0.0357 e. The molecule has 0 radical (unpaired) electrons. The van der Waals surface area contributed by atoms with Crippen LogP contribution in [0.3, 0.4) is 0 Å². The molecule has 0 aromatic heterocycles. The van der Waals surface area contributed by atoms with Gasteiger partial charge in [-0.15, -0.1) is 0 Å². The second-order valence-corrected chi connectivity index (χ2v) is 6.48. The van der Waals surface area contributed by atoms with Crippen molar-refractivity contribution >= 4 is 0 Å². The molecule has 2 aliphatic carbocycles. The Bertz CT molecular complexity index is 225. The summed E-state index contributed by atoms with van der Waals surface area (Å²) in [5.74, 6) is 0.782. The molecule has 0 aromatic carbocycles. The molecule has 2 saturated carbocycles.